The topological polar surface area (TPSA) is 58.3 Å². The third-order valence-corrected chi connectivity index (χ3v) is 3.55. The standard InChI is InChI=1S/C15H16Cl2N2O/c16-13-7-11(18)8-14(17)15(13)19-12(9-20)6-10-4-2-1-3-5-10/h1-5,7-8,12,19-20H,6,9,18H2. The molecule has 0 fully saturated rings. The summed E-state index contributed by atoms with van der Waals surface area (Å²) in [7, 11) is 0. The molecule has 0 aromatic heterocycles. The van der Waals surface area contributed by atoms with Crippen molar-refractivity contribution in [2.24, 2.45) is 0 Å². The largest absolute Gasteiger partial charge is 0.399 e. The molecule has 0 saturated heterocycles. The van der Waals surface area contributed by atoms with Gasteiger partial charge in [0.05, 0.1) is 28.4 Å². The van der Waals surface area contributed by atoms with Gasteiger partial charge in [0, 0.05) is 5.69 Å². The number of nitrogen functional groups attached to an aromatic ring is 1. The highest BCUT2D eigenvalue weighted by Crippen LogP contribution is 2.33. The summed E-state index contributed by atoms with van der Waals surface area (Å²) < 4.78 is 0. The van der Waals surface area contributed by atoms with Gasteiger partial charge in [-0.2, -0.15) is 0 Å². The van der Waals surface area contributed by atoms with E-state index < -0.39 is 0 Å². The number of nitrogens with two attached hydrogens (primary N) is 1. The fourth-order valence-electron chi connectivity index (χ4n) is 1.99. The summed E-state index contributed by atoms with van der Waals surface area (Å²) in [5.41, 5.74) is 7.90. The van der Waals surface area contributed by atoms with Crippen LogP contribution in [0.2, 0.25) is 10.0 Å². The molecule has 0 spiro atoms. The van der Waals surface area contributed by atoms with Crippen molar-refractivity contribution in [3.05, 3.63) is 58.1 Å². The molecule has 0 radical (unpaired) electrons. The number of anilines is 2. The number of hydrogen-bond acceptors (Lipinski definition) is 3. The first kappa shape index (κ1) is 15.0. The number of aliphatic hydroxyl groups is 1. The first-order valence-corrected chi connectivity index (χ1v) is 7.01. The molecule has 1 atom stereocenters. The third-order valence-electron chi connectivity index (χ3n) is 2.96. The van der Waals surface area contributed by atoms with E-state index in [0.717, 1.165) is 5.56 Å². The highest BCUT2D eigenvalue weighted by Gasteiger charge is 2.13. The van der Waals surface area contributed by atoms with Gasteiger partial charge in [0.1, 0.15) is 0 Å². The van der Waals surface area contributed by atoms with E-state index in [2.05, 4.69) is 5.32 Å². The predicted octanol–water partition coefficient (Wildman–Crippen LogP) is 3.59. The van der Waals surface area contributed by atoms with Crippen LogP contribution in [-0.4, -0.2) is 17.8 Å². The molecule has 2 rings (SSSR count). The van der Waals surface area contributed by atoms with Crippen LogP contribution < -0.4 is 11.1 Å². The summed E-state index contributed by atoms with van der Waals surface area (Å²) in [6.45, 7) is -0.0219. The van der Waals surface area contributed by atoms with Gasteiger partial charge in [0.25, 0.3) is 0 Å². The lowest BCUT2D eigenvalue weighted by molar-refractivity contribution is 0.274. The Morgan fingerprint density at radius 3 is 2.25 bits per heavy atom. The van der Waals surface area contributed by atoms with Crippen LogP contribution >= 0.6 is 23.2 Å². The van der Waals surface area contributed by atoms with E-state index in [1.807, 2.05) is 30.3 Å². The minimum atomic E-state index is -0.170. The van der Waals surface area contributed by atoms with Crippen LogP contribution in [0, 0.1) is 0 Å². The fraction of sp³-hybridized carbons (Fsp3) is 0.200. The molecule has 106 valence electrons. The maximum atomic E-state index is 9.51. The Bertz CT molecular complexity index is 552. The molecule has 1 unspecified atom stereocenters. The molecule has 0 bridgehead atoms. The zero-order valence-electron chi connectivity index (χ0n) is 10.8. The number of rotatable bonds is 5. The molecule has 2 aromatic rings. The smallest absolute Gasteiger partial charge is 0.0723 e. The van der Waals surface area contributed by atoms with E-state index in [1.54, 1.807) is 12.1 Å². The zero-order chi connectivity index (χ0) is 14.5. The van der Waals surface area contributed by atoms with Crippen molar-refractivity contribution in [2.75, 3.05) is 17.7 Å². The third kappa shape index (κ3) is 3.79. The number of nitrogens with one attached hydrogen (secondary N) is 1. The molecule has 3 nitrogen and oxygen atoms in total. The second-order valence-corrected chi connectivity index (χ2v) is 5.39. The molecule has 0 aliphatic heterocycles. The maximum Gasteiger partial charge on any atom is 0.0723 e. The van der Waals surface area contributed by atoms with Crippen molar-refractivity contribution in [2.45, 2.75) is 12.5 Å². The molecule has 5 heteroatoms. The Labute approximate surface area is 128 Å². The van der Waals surface area contributed by atoms with E-state index in [1.165, 1.54) is 0 Å². The summed E-state index contributed by atoms with van der Waals surface area (Å²) in [5, 5.41) is 13.6. The minimum Gasteiger partial charge on any atom is -0.399 e. The lowest BCUT2D eigenvalue weighted by Crippen LogP contribution is -2.26. The second kappa shape index (κ2) is 6.84. The molecular weight excluding hydrogens is 295 g/mol. The quantitative estimate of drug-likeness (QED) is 0.740. The van der Waals surface area contributed by atoms with Gasteiger partial charge in [0.2, 0.25) is 0 Å². The van der Waals surface area contributed by atoms with Gasteiger partial charge in [0.15, 0.2) is 0 Å². The van der Waals surface area contributed by atoms with Crippen LogP contribution in [0.25, 0.3) is 0 Å². The van der Waals surface area contributed by atoms with Crippen molar-refractivity contribution in [3.63, 3.8) is 0 Å². The van der Waals surface area contributed by atoms with Crippen molar-refractivity contribution >= 4 is 34.6 Å². The summed E-state index contributed by atoms with van der Waals surface area (Å²) >= 11 is 12.3. The number of aliphatic hydroxyl groups excluding tert-OH is 1. The normalized spacial score (nSPS) is 12.2. The van der Waals surface area contributed by atoms with E-state index in [0.29, 0.717) is 27.8 Å². The lowest BCUT2D eigenvalue weighted by atomic mass is 10.1. The summed E-state index contributed by atoms with van der Waals surface area (Å²) in [4.78, 5) is 0. The van der Waals surface area contributed by atoms with E-state index in [9.17, 15) is 5.11 Å². The molecule has 0 aliphatic rings. The first-order chi connectivity index (χ1) is 9.60. The van der Waals surface area contributed by atoms with Crippen LogP contribution in [0.4, 0.5) is 11.4 Å². The average molecular weight is 311 g/mol. The summed E-state index contributed by atoms with van der Waals surface area (Å²) in [6.07, 6.45) is 0.675. The maximum absolute atomic E-state index is 9.51. The number of hydrogen-bond donors (Lipinski definition) is 3. The lowest BCUT2D eigenvalue weighted by Gasteiger charge is -2.20. The molecule has 0 heterocycles. The van der Waals surface area contributed by atoms with Crippen molar-refractivity contribution in [1.82, 2.24) is 0 Å². The van der Waals surface area contributed by atoms with Gasteiger partial charge in [-0.1, -0.05) is 53.5 Å². The zero-order valence-corrected chi connectivity index (χ0v) is 12.3. The van der Waals surface area contributed by atoms with Crippen LogP contribution in [-0.2, 0) is 6.42 Å². The molecule has 4 N–H and O–H groups in total. The Kier molecular flexibility index (Phi) is 5.12. The van der Waals surface area contributed by atoms with Gasteiger partial charge < -0.3 is 16.2 Å². The molecule has 0 amide bonds. The van der Waals surface area contributed by atoms with Crippen molar-refractivity contribution in [3.8, 4) is 0 Å². The van der Waals surface area contributed by atoms with Gasteiger partial charge in [-0.15, -0.1) is 0 Å². The van der Waals surface area contributed by atoms with E-state index in [4.69, 9.17) is 28.9 Å². The van der Waals surface area contributed by atoms with Crippen LogP contribution in [0.1, 0.15) is 5.56 Å². The highest BCUT2D eigenvalue weighted by molar-refractivity contribution is 6.39. The fourth-order valence-corrected chi connectivity index (χ4v) is 2.61. The summed E-state index contributed by atoms with van der Waals surface area (Å²) in [5.74, 6) is 0. The molecule has 0 aliphatic carbocycles. The number of halogens is 2. The Morgan fingerprint density at radius 2 is 1.70 bits per heavy atom. The monoisotopic (exact) mass is 310 g/mol. The molecule has 20 heavy (non-hydrogen) atoms. The van der Waals surface area contributed by atoms with Gasteiger partial charge in [-0.25, -0.2) is 0 Å². The Balaban J connectivity index is 2.15. The van der Waals surface area contributed by atoms with Crippen LogP contribution in [0.3, 0.4) is 0 Å². The van der Waals surface area contributed by atoms with Gasteiger partial charge in [-0.05, 0) is 24.1 Å². The van der Waals surface area contributed by atoms with Gasteiger partial charge in [-0.3, -0.25) is 0 Å². The van der Waals surface area contributed by atoms with Crippen LogP contribution in [0.15, 0.2) is 42.5 Å². The first-order valence-electron chi connectivity index (χ1n) is 6.26. The van der Waals surface area contributed by atoms with Crippen LogP contribution in [0.5, 0.6) is 0 Å². The SMILES string of the molecule is Nc1cc(Cl)c(NC(CO)Cc2ccccc2)c(Cl)c1. The molecule has 0 saturated carbocycles. The number of benzene rings is 2. The summed E-state index contributed by atoms with van der Waals surface area (Å²) in [6, 6.07) is 13.0. The minimum absolute atomic E-state index is 0.0219. The molecular formula is C15H16Cl2N2O. The molecule has 2 aromatic carbocycles. The van der Waals surface area contributed by atoms with Crippen molar-refractivity contribution in [1.29, 1.82) is 0 Å². The highest BCUT2D eigenvalue weighted by atomic mass is 35.5. The van der Waals surface area contributed by atoms with E-state index >= 15 is 0 Å². The Morgan fingerprint density at radius 1 is 1.10 bits per heavy atom. The predicted molar refractivity (Wildman–Crippen MR) is 85.5 cm³/mol. The van der Waals surface area contributed by atoms with Crippen molar-refractivity contribution < 1.29 is 5.11 Å². The second-order valence-electron chi connectivity index (χ2n) is 4.57. The average Bonchev–Trinajstić information content (AvgIpc) is 2.42. The van der Waals surface area contributed by atoms with E-state index in [-0.39, 0.29) is 12.6 Å². The Hall–Kier alpha value is -1.42. The van der Waals surface area contributed by atoms with Gasteiger partial charge >= 0.3 is 0 Å².